The molecule has 294 valence electrons. The van der Waals surface area contributed by atoms with Gasteiger partial charge in [0.15, 0.2) is 0 Å². The average Bonchev–Trinajstić information content (AvgIpc) is 2.86. The first-order chi connectivity index (χ1) is 21.2. The van der Waals surface area contributed by atoms with E-state index in [1.165, 1.54) is 109 Å². The fourth-order valence-corrected chi connectivity index (χ4v) is 10.6. The zero-order valence-electron chi connectivity index (χ0n) is 28.4. The molecule has 0 aliphatic carbocycles. The zero-order chi connectivity index (χ0) is 38.1. The molecule has 0 amide bonds. The van der Waals surface area contributed by atoms with Crippen molar-refractivity contribution in [1.82, 2.24) is 0 Å². The van der Waals surface area contributed by atoms with Gasteiger partial charge in [0.1, 0.15) is 0 Å². The van der Waals surface area contributed by atoms with Crippen molar-refractivity contribution in [3.8, 4) is 0 Å². The molecule has 0 saturated carbocycles. The van der Waals surface area contributed by atoms with Gasteiger partial charge in [-0.3, -0.25) is 0 Å². The van der Waals surface area contributed by atoms with Crippen molar-refractivity contribution in [1.29, 1.82) is 0 Å². The summed E-state index contributed by atoms with van der Waals surface area (Å²) in [4.78, 5) is 0. The maximum absolute atomic E-state index is 9.75. The van der Waals surface area contributed by atoms with Crippen molar-refractivity contribution in [2.75, 3.05) is 24.6 Å². The second kappa shape index (κ2) is 34.0. The largest absolute Gasteiger partial charge is 0.673 e. The van der Waals surface area contributed by atoms with Gasteiger partial charge in [0, 0.05) is 0 Å². The van der Waals surface area contributed by atoms with Gasteiger partial charge in [-0.05, 0) is 0 Å². The third-order valence-electron chi connectivity index (χ3n) is 6.74. The molecule has 0 unspecified atom stereocenters. The van der Waals surface area contributed by atoms with Crippen molar-refractivity contribution in [3.05, 3.63) is 0 Å². The molecule has 0 aliphatic rings. The minimum Gasteiger partial charge on any atom is -0.418 e. The predicted molar refractivity (Wildman–Crippen MR) is 174 cm³/mol. The standard InChI is InChI=1S/C26H57P.4BF4/c1-5-9-13-14-15-16-17-18-19-20-21-22-26-27(23-10-6-2,24-11-7-3)25-12-8-4;4*2-1(3,4)5/h27H,5-26H2,1-4H3;;;;/q;4*-1. The minimum atomic E-state index is -6.00. The molecular weight excluding hydrogens is 690 g/mol. The van der Waals surface area contributed by atoms with E-state index in [0.29, 0.717) is 0 Å². The molecule has 0 spiro atoms. The zero-order valence-corrected chi connectivity index (χ0v) is 29.4. The van der Waals surface area contributed by atoms with Gasteiger partial charge in [-0.25, -0.2) is 0 Å². The molecule has 0 N–H and O–H groups in total. The van der Waals surface area contributed by atoms with Gasteiger partial charge in [-0.1, -0.05) is 13.3 Å². The van der Waals surface area contributed by atoms with Gasteiger partial charge in [-0.15, -0.1) is 0 Å². The molecule has 0 aliphatic heterocycles. The number of halogens is 16. The van der Waals surface area contributed by atoms with Gasteiger partial charge in [-0.2, -0.15) is 0 Å². The van der Waals surface area contributed by atoms with Gasteiger partial charge >= 0.3 is 191 Å². The summed E-state index contributed by atoms with van der Waals surface area (Å²) in [5.74, 6) is 0. The number of rotatable bonds is 22. The Morgan fingerprint density at radius 3 is 0.596 bits per heavy atom. The van der Waals surface area contributed by atoms with E-state index < -0.39 is 36.3 Å². The Morgan fingerprint density at radius 1 is 0.255 bits per heavy atom. The van der Waals surface area contributed by atoms with Crippen LogP contribution in [0.1, 0.15) is 143 Å². The molecule has 0 rings (SSSR count). The summed E-state index contributed by atoms with van der Waals surface area (Å²) in [5, 5.41) is 0. The van der Waals surface area contributed by atoms with Gasteiger partial charge < -0.3 is 69.1 Å². The number of hydrogen-bond donors (Lipinski definition) is 0. The molecule has 0 bridgehead atoms. The summed E-state index contributed by atoms with van der Waals surface area (Å²) >= 11 is 0. The van der Waals surface area contributed by atoms with E-state index in [2.05, 4.69) is 27.7 Å². The van der Waals surface area contributed by atoms with Crippen LogP contribution in [-0.4, -0.2) is 53.7 Å². The first-order valence-electron chi connectivity index (χ1n) is 16.7. The second-order valence-electron chi connectivity index (χ2n) is 11.4. The fourth-order valence-electron chi connectivity index (χ4n) is 4.75. The molecule has 0 atom stereocenters. The Hall–Kier alpha value is -0.430. The van der Waals surface area contributed by atoms with Gasteiger partial charge in [0.05, 0.1) is 0 Å². The van der Waals surface area contributed by atoms with E-state index in [4.69, 9.17) is 0 Å². The van der Waals surface area contributed by atoms with Crippen LogP contribution in [0.25, 0.3) is 0 Å². The van der Waals surface area contributed by atoms with Crippen LogP contribution in [-0.2, 0) is 0 Å². The summed E-state index contributed by atoms with van der Waals surface area (Å²) in [7, 11) is -25.0. The van der Waals surface area contributed by atoms with Crippen LogP contribution >= 0.6 is 7.26 Å². The van der Waals surface area contributed by atoms with Crippen LogP contribution in [0.2, 0.25) is 0 Å². The maximum atomic E-state index is 9.75. The Labute approximate surface area is 273 Å². The molecule has 0 fully saturated rings. The van der Waals surface area contributed by atoms with E-state index in [9.17, 15) is 69.1 Å². The van der Waals surface area contributed by atoms with E-state index in [-0.39, 0.29) is 0 Å². The molecule has 47 heavy (non-hydrogen) atoms. The van der Waals surface area contributed by atoms with E-state index in [0.717, 1.165) is 0 Å². The monoisotopic (exact) mass is 748 g/mol. The molecular formula is C26H57B4F16P-4. The number of unbranched alkanes of at least 4 members (excludes halogenated alkanes) is 14. The van der Waals surface area contributed by atoms with E-state index in [1.807, 2.05) is 0 Å². The quantitative estimate of drug-likeness (QED) is 0.0448. The van der Waals surface area contributed by atoms with Gasteiger partial charge in [0.25, 0.3) is 0 Å². The topological polar surface area (TPSA) is 0 Å². The SMILES string of the molecule is CCCCCCCCCCCCCC[PH](CCCC)(CCCC)CCCC.F[B-](F)(F)F.F[B-](F)(F)F.F[B-](F)(F)F.F[B-](F)(F)F. The second-order valence-corrected chi connectivity index (χ2v) is 16.4. The van der Waals surface area contributed by atoms with Crippen LogP contribution < -0.4 is 0 Å². The summed E-state index contributed by atoms with van der Waals surface area (Å²) in [6.07, 6.45) is 33.2. The fraction of sp³-hybridized carbons (Fsp3) is 1.00. The molecule has 0 aromatic carbocycles. The molecule has 0 heterocycles. The van der Waals surface area contributed by atoms with Crippen molar-refractivity contribution < 1.29 is 69.1 Å². The summed E-state index contributed by atoms with van der Waals surface area (Å²) in [5.41, 5.74) is 0. The molecule has 0 aromatic heterocycles. The maximum Gasteiger partial charge on any atom is 0.673 e. The van der Waals surface area contributed by atoms with Gasteiger partial charge in [0.2, 0.25) is 0 Å². The van der Waals surface area contributed by atoms with Crippen molar-refractivity contribution in [3.63, 3.8) is 0 Å². The minimum absolute atomic E-state index is 0.956. The van der Waals surface area contributed by atoms with Crippen molar-refractivity contribution in [2.24, 2.45) is 0 Å². The van der Waals surface area contributed by atoms with E-state index in [1.54, 1.807) is 31.1 Å². The molecule has 21 heteroatoms. The number of hydrogen-bond acceptors (Lipinski definition) is 0. The first kappa shape index (κ1) is 56.0. The smallest absolute Gasteiger partial charge is 0.418 e. The summed E-state index contributed by atoms with van der Waals surface area (Å²) in [6.45, 7) is 9.48. The predicted octanol–water partition coefficient (Wildman–Crippen LogP) is 15.0. The Balaban J connectivity index is -0.000000235. The van der Waals surface area contributed by atoms with Crippen molar-refractivity contribution >= 4 is 36.3 Å². The summed E-state index contributed by atoms with van der Waals surface area (Å²) in [6, 6.07) is 0. The van der Waals surface area contributed by atoms with Crippen LogP contribution in [0.3, 0.4) is 0 Å². The Bertz CT molecular complexity index is 526. The molecule has 0 aromatic rings. The van der Waals surface area contributed by atoms with Crippen LogP contribution in [0, 0.1) is 0 Å². The van der Waals surface area contributed by atoms with Crippen LogP contribution in [0.4, 0.5) is 69.1 Å². The average molecular weight is 748 g/mol. The molecule has 0 radical (unpaired) electrons. The molecule has 0 nitrogen and oxygen atoms in total. The summed E-state index contributed by atoms with van der Waals surface area (Å²) < 4.78 is 156. The third-order valence-corrected chi connectivity index (χ3v) is 12.4. The van der Waals surface area contributed by atoms with Crippen LogP contribution in [0.5, 0.6) is 0 Å². The van der Waals surface area contributed by atoms with Crippen molar-refractivity contribution in [2.45, 2.75) is 143 Å². The molecule has 0 saturated heterocycles. The Morgan fingerprint density at radius 2 is 0.404 bits per heavy atom. The third kappa shape index (κ3) is 98.9. The van der Waals surface area contributed by atoms with Crippen LogP contribution in [0.15, 0.2) is 0 Å². The Kier molecular flexibility index (Phi) is 40.5. The van der Waals surface area contributed by atoms with E-state index >= 15 is 0 Å². The normalized spacial score (nSPS) is 12.3. The first-order valence-corrected chi connectivity index (χ1v) is 19.6.